The first-order valence-corrected chi connectivity index (χ1v) is 9.84. The Morgan fingerprint density at radius 2 is 1.67 bits per heavy atom. The first-order chi connectivity index (χ1) is 10.1. The summed E-state index contributed by atoms with van der Waals surface area (Å²) in [6.45, 7) is 2.11. The Morgan fingerprint density at radius 1 is 1.00 bits per heavy atom. The fourth-order valence-electron chi connectivity index (χ4n) is 2.54. The average molecular weight is 316 g/mol. The highest BCUT2D eigenvalue weighted by Crippen LogP contribution is 2.21. The molecule has 0 bridgehead atoms. The van der Waals surface area contributed by atoms with Crippen molar-refractivity contribution in [2.45, 2.75) is 51.1 Å². The maximum Gasteiger partial charge on any atom is 0.337 e. The summed E-state index contributed by atoms with van der Waals surface area (Å²) in [7, 11) is 1.51. The van der Waals surface area contributed by atoms with E-state index in [1.165, 1.54) is 12.1 Å². The van der Waals surface area contributed by atoms with Gasteiger partial charge < -0.3 is 8.85 Å². The molecule has 0 aliphatic carbocycles. The molecule has 0 saturated heterocycles. The third-order valence-corrected chi connectivity index (χ3v) is 7.73. The van der Waals surface area contributed by atoms with Gasteiger partial charge in [0.1, 0.15) is 11.6 Å². The van der Waals surface area contributed by atoms with Crippen LogP contribution in [0.4, 0.5) is 8.78 Å². The highest BCUT2D eigenvalue weighted by atomic mass is 28.4. The van der Waals surface area contributed by atoms with Gasteiger partial charge in [-0.05, 0) is 36.6 Å². The molecular weight excluding hydrogens is 290 g/mol. The van der Waals surface area contributed by atoms with E-state index in [1.807, 2.05) is 0 Å². The maximum absolute atomic E-state index is 13.5. The number of benzene rings is 1. The number of halogens is 2. The quantitative estimate of drug-likeness (QED) is 0.455. The highest BCUT2D eigenvalue weighted by molar-refractivity contribution is 6.67. The molecule has 0 amide bonds. The Hall–Kier alpha value is -0.783. The van der Waals surface area contributed by atoms with Gasteiger partial charge in [0.05, 0.1) is 0 Å². The molecule has 0 aliphatic rings. The normalized spacial score (nSPS) is 11.9. The Morgan fingerprint density at radius 3 is 2.24 bits per heavy atom. The number of aryl methyl sites for hydroxylation is 1. The van der Waals surface area contributed by atoms with Crippen LogP contribution in [0.25, 0.3) is 0 Å². The van der Waals surface area contributed by atoms with Crippen LogP contribution in [-0.2, 0) is 15.3 Å². The van der Waals surface area contributed by atoms with E-state index in [0.29, 0.717) is 12.0 Å². The number of hydrogen-bond acceptors (Lipinski definition) is 2. The molecule has 0 aromatic heterocycles. The molecular formula is C16H26F2O2Si. The van der Waals surface area contributed by atoms with Crippen molar-refractivity contribution in [1.82, 2.24) is 0 Å². The highest BCUT2D eigenvalue weighted by Gasteiger charge is 2.32. The van der Waals surface area contributed by atoms with E-state index >= 15 is 0 Å². The van der Waals surface area contributed by atoms with Crippen molar-refractivity contribution < 1.29 is 17.6 Å². The van der Waals surface area contributed by atoms with E-state index in [0.717, 1.165) is 43.8 Å². The van der Waals surface area contributed by atoms with Gasteiger partial charge in [-0.1, -0.05) is 32.3 Å². The van der Waals surface area contributed by atoms with Crippen LogP contribution in [0, 0.1) is 11.6 Å². The lowest BCUT2D eigenvalue weighted by atomic mass is 10.1. The SMILES string of the molecule is CC[Si](CCCCCCc1ccc(F)cc1F)(OC)OC. The van der Waals surface area contributed by atoms with E-state index in [2.05, 4.69) is 6.92 Å². The topological polar surface area (TPSA) is 18.5 Å². The van der Waals surface area contributed by atoms with Crippen LogP contribution < -0.4 is 0 Å². The summed E-state index contributed by atoms with van der Waals surface area (Å²) in [4.78, 5) is 0. The fourth-order valence-corrected chi connectivity index (χ4v) is 4.84. The lowest BCUT2D eigenvalue weighted by Gasteiger charge is -2.25. The van der Waals surface area contributed by atoms with Crippen LogP contribution in [0.3, 0.4) is 0 Å². The van der Waals surface area contributed by atoms with E-state index in [1.54, 1.807) is 14.2 Å². The van der Waals surface area contributed by atoms with Crippen molar-refractivity contribution >= 4 is 8.56 Å². The zero-order valence-electron chi connectivity index (χ0n) is 13.3. The molecule has 0 fully saturated rings. The molecule has 21 heavy (non-hydrogen) atoms. The minimum atomic E-state index is -1.96. The second-order valence-electron chi connectivity index (χ2n) is 5.32. The monoisotopic (exact) mass is 316 g/mol. The molecule has 2 nitrogen and oxygen atoms in total. The molecule has 5 heteroatoms. The van der Waals surface area contributed by atoms with Crippen molar-refractivity contribution in [3.05, 3.63) is 35.4 Å². The van der Waals surface area contributed by atoms with Gasteiger partial charge in [0, 0.05) is 20.3 Å². The van der Waals surface area contributed by atoms with E-state index < -0.39 is 20.2 Å². The van der Waals surface area contributed by atoms with Crippen molar-refractivity contribution in [2.24, 2.45) is 0 Å². The molecule has 1 rings (SSSR count). The molecule has 1 aromatic rings. The summed E-state index contributed by atoms with van der Waals surface area (Å²) in [5, 5.41) is 0. The second-order valence-corrected chi connectivity index (χ2v) is 9.17. The third-order valence-electron chi connectivity index (χ3n) is 4.05. The van der Waals surface area contributed by atoms with Gasteiger partial charge in [-0.15, -0.1) is 0 Å². The minimum absolute atomic E-state index is 0.439. The molecule has 0 heterocycles. The molecule has 0 spiro atoms. The van der Waals surface area contributed by atoms with E-state index in [4.69, 9.17) is 8.85 Å². The largest absolute Gasteiger partial charge is 0.398 e. The fraction of sp³-hybridized carbons (Fsp3) is 0.625. The Labute approximate surface area is 127 Å². The number of unbranched alkanes of at least 4 members (excludes halogenated alkanes) is 3. The summed E-state index contributed by atoms with van der Waals surface area (Å²) >= 11 is 0. The lowest BCUT2D eigenvalue weighted by molar-refractivity contribution is 0.241. The first-order valence-electron chi connectivity index (χ1n) is 7.61. The van der Waals surface area contributed by atoms with Gasteiger partial charge in [-0.3, -0.25) is 0 Å². The molecule has 1 aromatic carbocycles. The molecule has 0 radical (unpaired) electrons. The van der Waals surface area contributed by atoms with Gasteiger partial charge in [-0.25, -0.2) is 8.78 Å². The van der Waals surface area contributed by atoms with Crippen molar-refractivity contribution in [3.8, 4) is 0 Å². The van der Waals surface area contributed by atoms with Crippen molar-refractivity contribution in [3.63, 3.8) is 0 Å². The summed E-state index contributed by atoms with van der Waals surface area (Å²) in [5.74, 6) is -0.956. The Kier molecular flexibility index (Phi) is 8.07. The zero-order valence-corrected chi connectivity index (χ0v) is 14.3. The Bertz CT molecular complexity index is 414. The molecule has 0 unspecified atom stereocenters. The van der Waals surface area contributed by atoms with E-state index in [-0.39, 0.29) is 0 Å². The second kappa shape index (κ2) is 9.28. The van der Waals surface area contributed by atoms with Gasteiger partial charge in [0.15, 0.2) is 0 Å². The van der Waals surface area contributed by atoms with Gasteiger partial charge >= 0.3 is 8.56 Å². The minimum Gasteiger partial charge on any atom is -0.398 e. The predicted molar refractivity (Wildman–Crippen MR) is 83.6 cm³/mol. The predicted octanol–water partition coefficient (Wildman–Crippen LogP) is 4.82. The van der Waals surface area contributed by atoms with Crippen LogP contribution in [0.15, 0.2) is 18.2 Å². The number of hydrogen-bond donors (Lipinski definition) is 0. The van der Waals surface area contributed by atoms with Crippen molar-refractivity contribution in [1.29, 1.82) is 0 Å². The van der Waals surface area contributed by atoms with Crippen LogP contribution in [0.2, 0.25) is 12.1 Å². The molecule has 0 aliphatic heterocycles. The standard InChI is InChI=1S/C16H26F2O2Si/c1-4-21(19-2,20-3)12-8-6-5-7-9-14-10-11-15(17)13-16(14)18/h10-11,13H,4-9,12H2,1-3H3. The average Bonchev–Trinajstić information content (AvgIpc) is 2.49. The third kappa shape index (κ3) is 5.85. The summed E-state index contributed by atoms with van der Waals surface area (Å²) in [6.07, 6.45) is 4.79. The molecule has 0 N–H and O–H groups in total. The lowest BCUT2D eigenvalue weighted by Crippen LogP contribution is -2.38. The molecule has 0 saturated carbocycles. The van der Waals surface area contributed by atoms with Gasteiger partial charge in [0.2, 0.25) is 0 Å². The van der Waals surface area contributed by atoms with Crippen LogP contribution >= 0.6 is 0 Å². The summed E-state index contributed by atoms with van der Waals surface area (Å²) in [5.41, 5.74) is 0.600. The van der Waals surface area contributed by atoms with Crippen LogP contribution in [0.1, 0.15) is 38.2 Å². The van der Waals surface area contributed by atoms with Gasteiger partial charge in [-0.2, -0.15) is 0 Å². The number of rotatable bonds is 10. The first kappa shape index (κ1) is 18.3. The van der Waals surface area contributed by atoms with Crippen LogP contribution in [-0.4, -0.2) is 22.8 Å². The summed E-state index contributed by atoms with van der Waals surface area (Å²) < 4.78 is 37.4. The van der Waals surface area contributed by atoms with Gasteiger partial charge in [0.25, 0.3) is 0 Å². The van der Waals surface area contributed by atoms with E-state index in [9.17, 15) is 8.78 Å². The van der Waals surface area contributed by atoms with Crippen LogP contribution in [0.5, 0.6) is 0 Å². The molecule has 0 atom stereocenters. The summed E-state index contributed by atoms with van der Waals surface area (Å²) in [6, 6.07) is 5.77. The Balaban J connectivity index is 2.23. The maximum atomic E-state index is 13.5. The molecule has 120 valence electrons. The smallest absolute Gasteiger partial charge is 0.337 e. The zero-order chi connectivity index (χ0) is 15.7. The van der Waals surface area contributed by atoms with Crippen molar-refractivity contribution in [2.75, 3.05) is 14.2 Å².